The number of ether oxygens (including phenoxy) is 3. The Morgan fingerprint density at radius 1 is 1.21 bits per heavy atom. The summed E-state index contributed by atoms with van der Waals surface area (Å²) in [5.74, 6) is -4.47. The number of hydrogen-bond donors (Lipinski definition) is 2. The summed E-state index contributed by atoms with van der Waals surface area (Å²) in [6.07, 6.45) is -5.85. The number of oxime groups is 1. The van der Waals surface area contributed by atoms with Crippen LogP contribution in [0.3, 0.4) is 0 Å². The number of benzene rings is 2. The molecule has 43 heavy (non-hydrogen) atoms. The van der Waals surface area contributed by atoms with E-state index in [1.807, 2.05) is 13.8 Å². The van der Waals surface area contributed by atoms with Gasteiger partial charge >= 0.3 is 0 Å². The third kappa shape index (κ3) is 7.72. The van der Waals surface area contributed by atoms with Crippen LogP contribution in [-0.2, 0) is 25.7 Å². The molecule has 10 nitrogen and oxygen atoms in total. The van der Waals surface area contributed by atoms with Crippen molar-refractivity contribution < 1.29 is 46.5 Å². The second-order valence-electron chi connectivity index (χ2n) is 10.5. The van der Waals surface area contributed by atoms with E-state index in [4.69, 9.17) is 34.8 Å². The number of aromatic nitrogens is 3. The molecule has 1 aliphatic rings. The van der Waals surface area contributed by atoms with E-state index in [2.05, 4.69) is 15.5 Å². The highest BCUT2D eigenvalue weighted by Gasteiger charge is 2.50. The molecule has 1 aliphatic heterocycles. The quantitative estimate of drug-likeness (QED) is 0.173. The average molecular weight is 630 g/mol. The summed E-state index contributed by atoms with van der Waals surface area (Å²) < 4.78 is 84.1. The van der Waals surface area contributed by atoms with Crippen molar-refractivity contribution in [3.05, 3.63) is 70.6 Å². The molecular weight excluding hydrogens is 593 g/mol. The minimum Gasteiger partial charge on any atom is -0.396 e. The average Bonchev–Trinajstić information content (AvgIpc) is 3.46. The van der Waals surface area contributed by atoms with Crippen LogP contribution in [0.25, 0.3) is 11.3 Å². The van der Waals surface area contributed by atoms with Gasteiger partial charge in [0.2, 0.25) is 0 Å². The molecule has 2 N–H and O–H groups in total. The molecule has 0 spiro atoms. The van der Waals surface area contributed by atoms with Crippen LogP contribution in [0.5, 0.6) is 0 Å². The van der Waals surface area contributed by atoms with Crippen LogP contribution in [0, 0.1) is 23.4 Å². The summed E-state index contributed by atoms with van der Waals surface area (Å²) >= 11 is 6.01. The number of methoxy groups -OCH3 is 1. The van der Waals surface area contributed by atoms with Gasteiger partial charge in [-0.25, -0.2) is 17.9 Å². The molecule has 0 amide bonds. The molecule has 4 rings (SSSR count). The van der Waals surface area contributed by atoms with E-state index in [0.717, 1.165) is 4.68 Å². The van der Waals surface area contributed by atoms with Crippen LogP contribution in [-0.4, -0.2) is 81.7 Å². The Labute approximate surface area is 256 Å². The molecule has 234 valence electrons. The van der Waals surface area contributed by atoms with Gasteiger partial charge < -0.3 is 29.3 Å². The van der Waals surface area contributed by atoms with E-state index in [1.54, 1.807) is 31.2 Å². The van der Waals surface area contributed by atoms with Gasteiger partial charge in [-0.15, -0.1) is 5.10 Å². The van der Waals surface area contributed by atoms with E-state index >= 15 is 0 Å². The van der Waals surface area contributed by atoms with Crippen LogP contribution in [0.15, 0.2) is 47.8 Å². The van der Waals surface area contributed by atoms with Gasteiger partial charge in [-0.1, -0.05) is 48.0 Å². The van der Waals surface area contributed by atoms with E-state index in [1.165, 1.54) is 6.20 Å². The third-order valence-corrected chi connectivity index (χ3v) is 7.06. The fourth-order valence-electron chi connectivity index (χ4n) is 4.62. The van der Waals surface area contributed by atoms with Crippen molar-refractivity contribution in [1.82, 2.24) is 15.0 Å². The molecule has 1 aromatic heterocycles. The SMILES string of the molecule is [2H]C([2H])([2H])OC1[C@H]([C@H](OCc2ccc(Cl)cc2)/C(C)=N/OCC(C)C)OC(CO)[C@H](O)[C@@H]1n1cc(-c2cc(F)c(F)c(F)c2)nn1. The van der Waals surface area contributed by atoms with Gasteiger partial charge in [0.05, 0.1) is 29.2 Å². The maximum absolute atomic E-state index is 14.0. The fraction of sp³-hybridized carbons (Fsp3) is 0.483. The predicted molar refractivity (Wildman–Crippen MR) is 151 cm³/mol. The first kappa shape index (κ1) is 28.7. The van der Waals surface area contributed by atoms with Gasteiger partial charge in [0, 0.05) is 17.6 Å². The van der Waals surface area contributed by atoms with Crippen molar-refractivity contribution in [2.75, 3.05) is 20.3 Å². The zero-order valence-corrected chi connectivity index (χ0v) is 24.3. The number of hydrogen-bond acceptors (Lipinski definition) is 9. The molecular formula is C29H34ClF3N4O6. The van der Waals surface area contributed by atoms with Crippen molar-refractivity contribution in [3.8, 4) is 11.3 Å². The van der Waals surface area contributed by atoms with E-state index in [0.29, 0.717) is 22.7 Å². The van der Waals surface area contributed by atoms with Crippen molar-refractivity contribution in [1.29, 1.82) is 0 Å². The van der Waals surface area contributed by atoms with Crippen LogP contribution < -0.4 is 0 Å². The van der Waals surface area contributed by atoms with E-state index < -0.39 is 67.7 Å². The lowest BCUT2D eigenvalue weighted by Crippen LogP contribution is -2.61. The maximum atomic E-state index is 14.0. The molecule has 3 aromatic rings. The van der Waals surface area contributed by atoms with Crippen molar-refractivity contribution in [3.63, 3.8) is 0 Å². The number of aliphatic hydroxyl groups excluding tert-OH is 2. The Balaban J connectivity index is 1.78. The van der Waals surface area contributed by atoms with Crippen molar-refractivity contribution in [2.24, 2.45) is 11.1 Å². The Hall–Kier alpha value is -3.07. The Morgan fingerprint density at radius 3 is 2.53 bits per heavy atom. The summed E-state index contributed by atoms with van der Waals surface area (Å²) in [5.41, 5.74) is 0.616. The lowest BCUT2D eigenvalue weighted by Gasteiger charge is -2.45. The monoisotopic (exact) mass is 629 g/mol. The summed E-state index contributed by atoms with van der Waals surface area (Å²) in [5, 5.41) is 34.0. The summed E-state index contributed by atoms with van der Waals surface area (Å²) in [4.78, 5) is 5.47. The van der Waals surface area contributed by atoms with Crippen LogP contribution >= 0.6 is 11.6 Å². The summed E-state index contributed by atoms with van der Waals surface area (Å²) in [7, 11) is -3.04. The number of aliphatic hydroxyl groups is 2. The summed E-state index contributed by atoms with van der Waals surface area (Å²) in [6, 6.07) is 6.78. The van der Waals surface area contributed by atoms with Gasteiger partial charge in [0.25, 0.3) is 0 Å². The Kier molecular flexibility index (Phi) is 9.74. The molecule has 0 radical (unpaired) electrons. The minimum absolute atomic E-state index is 0.0224. The molecule has 2 unspecified atom stereocenters. The Bertz CT molecular complexity index is 1470. The zero-order chi connectivity index (χ0) is 33.8. The largest absolute Gasteiger partial charge is 0.396 e. The number of rotatable bonds is 12. The van der Waals surface area contributed by atoms with Crippen LogP contribution in [0.4, 0.5) is 13.2 Å². The molecule has 2 aromatic carbocycles. The smallest absolute Gasteiger partial charge is 0.194 e. The standard InChI is InChI=1S/C29H34ClF3N4O6/c1-15(2)13-42-35-16(3)27(41-14-17-5-7-19(30)8-6-17)29-28(40-4)25(26(39)23(12-38)43-29)37-11-22(34-36-37)18-9-20(31)24(33)21(32)10-18/h5-11,15,23,25-29,38-39H,12-14H2,1-4H3/b35-16+/t23?,25-,26-,27+,28?,29-/m0/s1/i4D3. The highest BCUT2D eigenvalue weighted by atomic mass is 35.5. The number of nitrogens with zero attached hydrogens (tertiary/aromatic N) is 4. The molecule has 14 heteroatoms. The van der Waals surface area contributed by atoms with Gasteiger partial charge in [-0.3, -0.25) is 0 Å². The fourth-order valence-corrected chi connectivity index (χ4v) is 4.75. The lowest BCUT2D eigenvalue weighted by molar-refractivity contribution is -0.233. The first-order valence-electron chi connectivity index (χ1n) is 14.9. The lowest BCUT2D eigenvalue weighted by atomic mass is 9.88. The van der Waals surface area contributed by atoms with Gasteiger partial charge in [0.1, 0.15) is 48.9 Å². The highest BCUT2D eigenvalue weighted by molar-refractivity contribution is 6.30. The molecule has 0 saturated carbocycles. The maximum Gasteiger partial charge on any atom is 0.194 e. The summed E-state index contributed by atoms with van der Waals surface area (Å²) in [6.45, 7) is 4.93. The first-order chi connectivity index (χ1) is 21.7. The topological polar surface area (TPSA) is 120 Å². The third-order valence-electron chi connectivity index (χ3n) is 6.80. The number of halogens is 4. The Morgan fingerprint density at radius 2 is 1.91 bits per heavy atom. The molecule has 0 bridgehead atoms. The second kappa shape index (κ2) is 14.6. The molecule has 2 heterocycles. The van der Waals surface area contributed by atoms with Crippen LogP contribution in [0.2, 0.25) is 5.02 Å². The van der Waals surface area contributed by atoms with Gasteiger partial charge in [-0.2, -0.15) is 0 Å². The van der Waals surface area contributed by atoms with E-state index in [9.17, 15) is 23.4 Å². The first-order valence-corrected chi connectivity index (χ1v) is 13.8. The zero-order valence-electron chi connectivity index (χ0n) is 26.5. The van der Waals surface area contributed by atoms with Gasteiger partial charge in [0.15, 0.2) is 17.5 Å². The molecule has 1 fully saturated rings. The molecule has 0 aliphatic carbocycles. The molecule has 1 saturated heterocycles. The minimum atomic E-state index is -3.04. The normalized spacial score (nSPS) is 24.8. The van der Waals surface area contributed by atoms with E-state index in [-0.39, 0.29) is 36.1 Å². The van der Waals surface area contributed by atoms with Gasteiger partial charge in [-0.05, 0) is 42.7 Å². The van der Waals surface area contributed by atoms with Crippen molar-refractivity contribution >= 4 is 17.3 Å². The van der Waals surface area contributed by atoms with Crippen LogP contribution in [0.1, 0.15) is 36.5 Å². The molecule has 6 atom stereocenters. The van der Waals surface area contributed by atoms with Crippen molar-refractivity contribution in [2.45, 2.75) is 63.9 Å². The highest BCUT2D eigenvalue weighted by Crippen LogP contribution is 2.35. The second-order valence-corrected chi connectivity index (χ2v) is 10.9. The predicted octanol–water partition coefficient (Wildman–Crippen LogP) is 4.33.